The van der Waals surface area contributed by atoms with Crippen molar-refractivity contribution in [2.75, 3.05) is 19.4 Å². The first-order valence-electron chi connectivity index (χ1n) is 6.57. The van der Waals surface area contributed by atoms with Crippen molar-refractivity contribution < 1.29 is 14.3 Å². The van der Waals surface area contributed by atoms with Gasteiger partial charge in [-0.1, -0.05) is 0 Å². The van der Waals surface area contributed by atoms with Gasteiger partial charge in [0, 0.05) is 23.9 Å². The predicted molar refractivity (Wildman–Crippen MR) is 75.3 cm³/mol. The molecule has 1 aromatic rings. The van der Waals surface area contributed by atoms with Crippen molar-refractivity contribution in [3.05, 3.63) is 23.8 Å². The van der Waals surface area contributed by atoms with E-state index in [1.54, 1.807) is 18.2 Å². The molecule has 2 amide bonds. The predicted octanol–water partition coefficient (Wildman–Crippen LogP) is 0.757. The normalized spacial score (nSPS) is 18.6. The Kier molecular flexibility index (Phi) is 4.12. The molecule has 1 heterocycles. The summed E-state index contributed by atoms with van der Waals surface area (Å²) < 4.78 is 5.11. The number of nitrogens with zero attached hydrogens (tertiary/aromatic N) is 1. The number of amides is 2. The van der Waals surface area contributed by atoms with Crippen molar-refractivity contribution in [2.45, 2.75) is 25.3 Å². The van der Waals surface area contributed by atoms with E-state index >= 15 is 0 Å². The molecule has 108 valence electrons. The summed E-state index contributed by atoms with van der Waals surface area (Å²) in [7, 11) is 1.51. The van der Waals surface area contributed by atoms with Crippen LogP contribution in [-0.2, 0) is 4.79 Å². The summed E-state index contributed by atoms with van der Waals surface area (Å²) in [4.78, 5) is 25.5. The molecule has 6 nitrogen and oxygen atoms in total. The lowest BCUT2D eigenvalue weighted by Crippen LogP contribution is -2.50. The monoisotopic (exact) mass is 277 g/mol. The van der Waals surface area contributed by atoms with Gasteiger partial charge in [-0.05, 0) is 31.4 Å². The Bertz CT molecular complexity index is 530. The van der Waals surface area contributed by atoms with Crippen molar-refractivity contribution in [3.63, 3.8) is 0 Å². The summed E-state index contributed by atoms with van der Waals surface area (Å²) in [6.45, 7) is 0.531. The standard InChI is InChI=1S/C14H19N3O3/c1-20-11-7-9(6-10(15)8-11)14(19)17-5-3-2-4-12(17)13(16)18/h6-8,12H,2-5,15H2,1H3,(H2,16,18). The Balaban J connectivity index is 2.29. The highest BCUT2D eigenvalue weighted by molar-refractivity contribution is 5.98. The van der Waals surface area contributed by atoms with Gasteiger partial charge in [0.25, 0.3) is 5.91 Å². The number of nitrogen functional groups attached to an aromatic ring is 1. The average Bonchev–Trinajstić information content (AvgIpc) is 2.45. The third-order valence-corrected chi connectivity index (χ3v) is 3.50. The van der Waals surface area contributed by atoms with Gasteiger partial charge in [0.05, 0.1) is 7.11 Å². The summed E-state index contributed by atoms with van der Waals surface area (Å²) in [5.41, 5.74) is 12.0. The van der Waals surface area contributed by atoms with Gasteiger partial charge in [0.15, 0.2) is 0 Å². The number of likely N-dealkylation sites (tertiary alicyclic amines) is 1. The number of methoxy groups -OCH3 is 1. The molecule has 1 saturated heterocycles. The van der Waals surface area contributed by atoms with E-state index in [0.29, 0.717) is 30.0 Å². The van der Waals surface area contributed by atoms with Crippen LogP contribution in [0.3, 0.4) is 0 Å². The van der Waals surface area contributed by atoms with Crippen LogP contribution >= 0.6 is 0 Å². The lowest BCUT2D eigenvalue weighted by atomic mass is 10.00. The number of primary amides is 1. The number of piperidine rings is 1. The Morgan fingerprint density at radius 2 is 2.05 bits per heavy atom. The van der Waals surface area contributed by atoms with Crippen LogP contribution in [0.25, 0.3) is 0 Å². The second-order valence-electron chi connectivity index (χ2n) is 4.91. The zero-order valence-corrected chi connectivity index (χ0v) is 11.5. The number of nitrogens with two attached hydrogens (primary N) is 2. The molecule has 1 aromatic carbocycles. The summed E-state index contributed by atoms with van der Waals surface area (Å²) in [5, 5.41) is 0. The number of ether oxygens (including phenoxy) is 1. The Hall–Kier alpha value is -2.24. The van der Waals surface area contributed by atoms with Gasteiger partial charge in [-0.2, -0.15) is 0 Å². The second-order valence-corrected chi connectivity index (χ2v) is 4.91. The molecule has 1 aliphatic heterocycles. The fourth-order valence-electron chi connectivity index (χ4n) is 2.50. The first-order chi connectivity index (χ1) is 9.52. The molecule has 6 heteroatoms. The number of carbonyl (C=O) groups is 2. The van der Waals surface area contributed by atoms with Gasteiger partial charge in [-0.3, -0.25) is 9.59 Å². The van der Waals surface area contributed by atoms with E-state index in [0.717, 1.165) is 12.8 Å². The molecule has 1 unspecified atom stereocenters. The molecular formula is C14H19N3O3. The maximum absolute atomic E-state index is 12.5. The highest BCUT2D eigenvalue weighted by Gasteiger charge is 2.31. The molecule has 20 heavy (non-hydrogen) atoms. The molecule has 1 atom stereocenters. The molecule has 0 aliphatic carbocycles. The molecular weight excluding hydrogens is 258 g/mol. The quantitative estimate of drug-likeness (QED) is 0.797. The average molecular weight is 277 g/mol. The molecule has 0 bridgehead atoms. The molecule has 0 aromatic heterocycles. The van der Waals surface area contributed by atoms with Crippen molar-refractivity contribution in [1.82, 2.24) is 4.90 Å². The summed E-state index contributed by atoms with van der Waals surface area (Å²) in [6, 6.07) is 4.30. The van der Waals surface area contributed by atoms with Gasteiger partial charge >= 0.3 is 0 Å². The van der Waals surface area contributed by atoms with Gasteiger partial charge in [-0.15, -0.1) is 0 Å². The maximum Gasteiger partial charge on any atom is 0.254 e. The van der Waals surface area contributed by atoms with Crippen LogP contribution < -0.4 is 16.2 Å². The highest BCUT2D eigenvalue weighted by Crippen LogP contribution is 2.23. The van der Waals surface area contributed by atoms with E-state index < -0.39 is 11.9 Å². The van der Waals surface area contributed by atoms with Crippen LogP contribution in [0.4, 0.5) is 5.69 Å². The molecule has 2 rings (SSSR count). The second kappa shape index (κ2) is 5.81. The van der Waals surface area contributed by atoms with Crippen LogP contribution in [0.2, 0.25) is 0 Å². The van der Waals surface area contributed by atoms with Crippen molar-refractivity contribution in [1.29, 1.82) is 0 Å². The molecule has 4 N–H and O–H groups in total. The lowest BCUT2D eigenvalue weighted by Gasteiger charge is -2.33. The number of rotatable bonds is 3. The fourth-order valence-corrected chi connectivity index (χ4v) is 2.50. The molecule has 1 aliphatic rings. The van der Waals surface area contributed by atoms with Crippen LogP contribution in [0, 0.1) is 0 Å². The number of benzene rings is 1. The minimum absolute atomic E-state index is 0.237. The molecule has 0 saturated carbocycles. The molecule has 0 spiro atoms. The minimum atomic E-state index is -0.538. The van der Waals surface area contributed by atoms with Gasteiger partial charge in [0.2, 0.25) is 5.91 Å². The van der Waals surface area contributed by atoms with Crippen molar-refractivity contribution in [2.24, 2.45) is 5.73 Å². The third-order valence-electron chi connectivity index (χ3n) is 3.50. The van der Waals surface area contributed by atoms with Crippen LogP contribution in [-0.4, -0.2) is 36.4 Å². The first-order valence-corrected chi connectivity index (χ1v) is 6.57. The summed E-state index contributed by atoms with van der Waals surface area (Å²) in [5.74, 6) is -0.186. The van der Waals surface area contributed by atoms with E-state index in [9.17, 15) is 9.59 Å². The van der Waals surface area contributed by atoms with Crippen LogP contribution in [0.5, 0.6) is 5.75 Å². The summed E-state index contributed by atoms with van der Waals surface area (Å²) >= 11 is 0. The van der Waals surface area contributed by atoms with Gasteiger partial charge in [0.1, 0.15) is 11.8 Å². The number of carbonyl (C=O) groups excluding carboxylic acids is 2. The Labute approximate surface area is 117 Å². The highest BCUT2D eigenvalue weighted by atomic mass is 16.5. The van der Waals surface area contributed by atoms with E-state index in [1.807, 2.05) is 0 Å². The maximum atomic E-state index is 12.5. The number of hydrogen-bond acceptors (Lipinski definition) is 4. The smallest absolute Gasteiger partial charge is 0.254 e. The van der Waals surface area contributed by atoms with Crippen LogP contribution in [0.15, 0.2) is 18.2 Å². The summed E-state index contributed by atoms with van der Waals surface area (Å²) in [6.07, 6.45) is 2.38. The van der Waals surface area contributed by atoms with Crippen molar-refractivity contribution >= 4 is 17.5 Å². The first kappa shape index (κ1) is 14.2. The number of anilines is 1. The van der Waals surface area contributed by atoms with Gasteiger partial charge < -0.3 is 21.1 Å². The number of hydrogen-bond donors (Lipinski definition) is 2. The SMILES string of the molecule is COc1cc(N)cc(C(=O)N2CCCCC2C(N)=O)c1. The van der Waals surface area contributed by atoms with Crippen molar-refractivity contribution in [3.8, 4) is 5.75 Å². The van der Waals surface area contributed by atoms with E-state index in [1.165, 1.54) is 12.0 Å². The minimum Gasteiger partial charge on any atom is -0.497 e. The lowest BCUT2D eigenvalue weighted by molar-refractivity contribution is -0.123. The van der Waals surface area contributed by atoms with E-state index in [2.05, 4.69) is 0 Å². The van der Waals surface area contributed by atoms with Crippen LogP contribution in [0.1, 0.15) is 29.6 Å². The molecule has 0 radical (unpaired) electrons. The topological polar surface area (TPSA) is 98.7 Å². The van der Waals surface area contributed by atoms with E-state index in [-0.39, 0.29) is 5.91 Å². The Morgan fingerprint density at radius 3 is 2.70 bits per heavy atom. The van der Waals surface area contributed by atoms with E-state index in [4.69, 9.17) is 16.2 Å². The fraction of sp³-hybridized carbons (Fsp3) is 0.429. The Morgan fingerprint density at radius 1 is 1.30 bits per heavy atom. The largest absolute Gasteiger partial charge is 0.497 e. The zero-order chi connectivity index (χ0) is 14.7. The zero-order valence-electron chi connectivity index (χ0n) is 11.5. The van der Waals surface area contributed by atoms with Gasteiger partial charge in [-0.25, -0.2) is 0 Å². The molecule has 1 fully saturated rings. The third kappa shape index (κ3) is 2.84.